The molecule has 152 valence electrons. The van der Waals surface area contributed by atoms with Gasteiger partial charge >= 0.3 is 6.18 Å². The van der Waals surface area contributed by atoms with Gasteiger partial charge in [0.25, 0.3) is 0 Å². The second-order valence-corrected chi connectivity index (χ2v) is 8.12. The van der Waals surface area contributed by atoms with Gasteiger partial charge in [0, 0.05) is 17.9 Å². The summed E-state index contributed by atoms with van der Waals surface area (Å²) in [6, 6.07) is 9.21. The second kappa shape index (κ2) is 6.34. The Labute approximate surface area is 166 Å². The van der Waals surface area contributed by atoms with Gasteiger partial charge in [0.05, 0.1) is 16.9 Å². The molecule has 0 radical (unpaired) electrons. The number of hydrogen-bond donors (Lipinski definition) is 1. The Morgan fingerprint density at radius 3 is 2.41 bits per heavy atom. The van der Waals surface area contributed by atoms with Crippen LogP contribution < -0.4 is 10.2 Å². The molecule has 2 aromatic carbocycles. The zero-order chi connectivity index (χ0) is 21.1. The van der Waals surface area contributed by atoms with Crippen molar-refractivity contribution < 1.29 is 22.8 Å². The minimum absolute atomic E-state index is 0.0975. The van der Waals surface area contributed by atoms with Crippen molar-refractivity contribution in [2.45, 2.75) is 33.4 Å². The topological polar surface area (TPSA) is 49.4 Å². The van der Waals surface area contributed by atoms with Crippen molar-refractivity contribution in [3.63, 3.8) is 0 Å². The number of carbonyl (C=O) groups is 2. The molecule has 1 aliphatic heterocycles. The van der Waals surface area contributed by atoms with Crippen molar-refractivity contribution in [2.24, 2.45) is 11.3 Å². The molecular formula is C22H21F3N2O2. The molecule has 4 rings (SSSR count). The summed E-state index contributed by atoms with van der Waals surface area (Å²) < 4.78 is 39.2. The van der Waals surface area contributed by atoms with Crippen molar-refractivity contribution in [1.29, 1.82) is 0 Å². The summed E-state index contributed by atoms with van der Waals surface area (Å²) in [5.74, 6) is -0.922. The highest BCUT2D eigenvalue weighted by molar-refractivity contribution is 6.11. The van der Waals surface area contributed by atoms with E-state index in [0.29, 0.717) is 12.0 Å². The van der Waals surface area contributed by atoms with Gasteiger partial charge in [-0.25, -0.2) is 0 Å². The Kier molecular flexibility index (Phi) is 4.26. The minimum atomic E-state index is -4.49. The van der Waals surface area contributed by atoms with E-state index in [2.05, 4.69) is 5.32 Å². The molecule has 2 fully saturated rings. The molecule has 2 atom stereocenters. The summed E-state index contributed by atoms with van der Waals surface area (Å²) >= 11 is 0. The van der Waals surface area contributed by atoms with Crippen LogP contribution in [0.25, 0.3) is 0 Å². The number of carbonyl (C=O) groups excluding carboxylic acids is 2. The first-order chi connectivity index (χ1) is 13.5. The number of amides is 2. The van der Waals surface area contributed by atoms with Crippen LogP contribution in [0.5, 0.6) is 0 Å². The molecule has 0 spiro atoms. The molecule has 1 heterocycles. The Morgan fingerprint density at radius 2 is 1.79 bits per heavy atom. The molecule has 7 heteroatoms. The lowest BCUT2D eigenvalue weighted by Gasteiger charge is -2.24. The maximum absolute atomic E-state index is 13.1. The second-order valence-electron chi connectivity index (χ2n) is 8.12. The van der Waals surface area contributed by atoms with Gasteiger partial charge in [0.1, 0.15) is 0 Å². The molecule has 1 saturated heterocycles. The molecule has 2 amide bonds. The number of piperidine rings is 1. The first-order valence-electron chi connectivity index (χ1n) is 9.41. The number of nitrogens with one attached hydrogen (secondary N) is 1. The predicted molar refractivity (Wildman–Crippen MR) is 104 cm³/mol. The molecule has 2 unspecified atom stereocenters. The van der Waals surface area contributed by atoms with E-state index in [-0.39, 0.29) is 18.1 Å². The van der Waals surface area contributed by atoms with E-state index in [9.17, 15) is 22.8 Å². The van der Waals surface area contributed by atoms with Gasteiger partial charge in [-0.05, 0) is 62.1 Å². The third-order valence-electron chi connectivity index (χ3n) is 5.90. The van der Waals surface area contributed by atoms with Crippen LogP contribution in [-0.2, 0) is 15.8 Å². The third-order valence-corrected chi connectivity index (χ3v) is 5.90. The van der Waals surface area contributed by atoms with E-state index in [4.69, 9.17) is 0 Å². The lowest BCUT2D eigenvalue weighted by molar-refractivity contribution is -0.137. The molecule has 1 N–H and O–H groups in total. The van der Waals surface area contributed by atoms with Gasteiger partial charge in [-0.15, -0.1) is 0 Å². The maximum atomic E-state index is 13.1. The lowest BCUT2D eigenvalue weighted by Crippen LogP contribution is -2.34. The molecule has 1 aliphatic carbocycles. The largest absolute Gasteiger partial charge is 0.416 e. The summed E-state index contributed by atoms with van der Waals surface area (Å²) in [7, 11) is 0. The van der Waals surface area contributed by atoms with Crippen molar-refractivity contribution in [3.8, 4) is 0 Å². The normalized spacial score (nSPS) is 23.2. The summed E-state index contributed by atoms with van der Waals surface area (Å²) in [6.45, 7) is 5.62. The van der Waals surface area contributed by atoms with E-state index in [1.54, 1.807) is 11.8 Å². The van der Waals surface area contributed by atoms with Gasteiger partial charge in [-0.3, -0.25) is 9.59 Å². The Morgan fingerprint density at radius 1 is 1.14 bits per heavy atom. The van der Waals surface area contributed by atoms with E-state index < -0.39 is 29.0 Å². The molecule has 4 nitrogen and oxygen atoms in total. The van der Waals surface area contributed by atoms with Crippen molar-refractivity contribution in [1.82, 2.24) is 0 Å². The zero-order valence-electron chi connectivity index (χ0n) is 16.4. The van der Waals surface area contributed by atoms with E-state index in [0.717, 1.165) is 28.9 Å². The predicted octanol–water partition coefficient (Wildman–Crippen LogP) is 4.62. The van der Waals surface area contributed by atoms with Crippen LogP contribution in [0.4, 0.5) is 24.5 Å². The van der Waals surface area contributed by atoms with E-state index in [1.165, 1.54) is 6.07 Å². The Bertz CT molecular complexity index is 1010. The van der Waals surface area contributed by atoms with Gasteiger partial charge < -0.3 is 10.2 Å². The number of rotatable bonds is 3. The molecule has 1 saturated carbocycles. The molecule has 0 aromatic heterocycles. The monoisotopic (exact) mass is 402 g/mol. The highest BCUT2D eigenvalue weighted by Gasteiger charge is 2.70. The quantitative estimate of drug-likeness (QED) is 0.814. The maximum Gasteiger partial charge on any atom is 0.416 e. The zero-order valence-corrected chi connectivity index (χ0v) is 16.4. The molecule has 2 aliphatic rings. The summed E-state index contributed by atoms with van der Waals surface area (Å²) in [5.41, 5.74) is 1.52. The Hall–Kier alpha value is -2.83. The Balaban J connectivity index is 1.59. The molecular weight excluding hydrogens is 381 g/mol. The number of benzene rings is 2. The van der Waals surface area contributed by atoms with Crippen molar-refractivity contribution in [3.05, 3.63) is 58.7 Å². The average molecular weight is 402 g/mol. The standard InChI is InChI=1S/C22H21F3N2O2/c1-12-7-15(22(23,24)25)9-16(8-12)26-20(29)21-10-17(21)19(28)27(11-21)18-13(2)5-4-6-14(18)3/h4-9,17H,10-11H2,1-3H3,(H,26,29). The average Bonchev–Trinajstić information content (AvgIpc) is 3.28. The fraction of sp³-hybridized carbons (Fsp3) is 0.364. The highest BCUT2D eigenvalue weighted by Crippen LogP contribution is 2.60. The van der Waals surface area contributed by atoms with Crippen molar-refractivity contribution in [2.75, 3.05) is 16.8 Å². The van der Waals surface area contributed by atoms with Crippen LogP contribution in [0, 0.1) is 32.1 Å². The summed E-state index contributed by atoms with van der Waals surface area (Å²) in [4.78, 5) is 27.5. The summed E-state index contributed by atoms with van der Waals surface area (Å²) in [5, 5.41) is 2.62. The van der Waals surface area contributed by atoms with Crippen LogP contribution in [0.2, 0.25) is 0 Å². The van der Waals surface area contributed by atoms with Crippen LogP contribution >= 0.6 is 0 Å². The molecule has 29 heavy (non-hydrogen) atoms. The first-order valence-corrected chi connectivity index (χ1v) is 9.41. The highest BCUT2D eigenvalue weighted by atomic mass is 19.4. The lowest BCUT2D eigenvalue weighted by atomic mass is 10.0. The minimum Gasteiger partial charge on any atom is -0.326 e. The molecule has 0 bridgehead atoms. The fourth-order valence-electron chi connectivity index (χ4n) is 4.37. The van der Waals surface area contributed by atoms with Crippen LogP contribution in [0.15, 0.2) is 36.4 Å². The smallest absolute Gasteiger partial charge is 0.326 e. The van der Waals surface area contributed by atoms with Gasteiger partial charge in [-0.1, -0.05) is 18.2 Å². The number of nitrogens with zero attached hydrogens (tertiary/aromatic N) is 1. The summed E-state index contributed by atoms with van der Waals surface area (Å²) in [6.07, 6.45) is -4.06. The number of para-hydroxylation sites is 1. The first kappa shape index (κ1) is 19.5. The third kappa shape index (κ3) is 3.18. The number of hydrogen-bond acceptors (Lipinski definition) is 2. The number of fused-ring (bicyclic) bond motifs is 1. The fourth-order valence-corrected chi connectivity index (χ4v) is 4.37. The van der Waals surface area contributed by atoms with Gasteiger partial charge in [0.15, 0.2) is 0 Å². The molecule has 2 aromatic rings. The van der Waals surface area contributed by atoms with Crippen LogP contribution in [0.3, 0.4) is 0 Å². The number of aryl methyl sites for hydroxylation is 3. The van der Waals surface area contributed by atoms with Gasteiger partial charge in [-0.2, -0.15) is 13.2 Å². The number of halogens is 3. The van der Waals surface area contributed by atoms with Crippen LogP contribution in [0.1, 0.15) is 28.7 Å². The van der Waals surface area contributed by atoms with Crippen molar-refractivity contribution >= 4 is 23.2 Å². The number of alkyl halides is 3. The number of anilines is 2. The van der Waals surface area contributed by atoms with E-state index >= 15 is 0 Å². The van der Waals surface area contributed by atoms with Crippen LogP contribution in [-0.4, -0.2) is 18.4 Å². The SMILES string of the molecule is Cc1cc(NC(=O)C23CC2C(=O)N(c2c(C)cccc2C)C3)cc(C(F)(F)F)c1. The van der Waals surface area contributed by atoms with Gasteiger partial charge in [0.2, 0.25) is 11.8 Å². The van der Waals surface area contributed by atoms with E-state index in [1.807, 2.05) is 32.0 Å².